The summed E-state index contributed by atoms with van der Waals surface area (Å²) < 4.78 is 5.08. The van der Waals surface area contributed by atoms with Crippen molar-refractivity contribution in [3.8, 4) is 0 Å². The number of hydrogen-bond donors (Lipinski definition) is 1. The first-order valence-electron chi connectivity index (χ1n) is 7.18. The predicted octanol–water partition coefficient (Wildman–Crippen LogP) is 2.95. The van der Waals surface area contributed by atoms with E-state index >= 15 is 0 Å². The molecule has 100 valence electrons. The second-order valence-corrected chi connectivity index (χ2v) is 5.26. The van der Waals surface area contributed by atoms with Gasteiger partial charge in [-0.1, -0.05) is 30.7 Å². The number of nitrogens with one attached hydrogen (secondary N) is 1. The first-order valence-corrected chi connectivity index (χ1v) is 7.18. The smallest absolute Gasteiger partial charge is 0.0465 e. The van der Waals surface area contributed by atoms with Gasteiger partial charge in [-0.25, -0.2) is 0 Å². The number of methoxy groups -OCH3 is 1. The van der Waals surface area contributed by atoms with Crippen LogP contribution in [0.25, 0.3) is 0 Å². The van der Waals surface area contributed by atoms with Crippen LogP contribution in [0.4, 0.5) is 0 Å². The first kappa shape index (κ1) is 13.6. The summed E-state index contributed by atoms with van der Waals surface area (Å²) in [5, 5.41) is 3.61. The van der Waals surface area contributed by atoms with Crippen LogP contribution in [0, 0.1) is 0 Å². The Morgan fingerprint density at radius 1 is 1.17 bits per heavy atom. The molecule has 1 N–H and O–H groups in total. The minimum Gasteiger partial charge on any atom is -0.385 e. The van der Waals surface area contributed by atoms with Crippen LogP contribution in [0.15, 0.2) is 24.3 Å². The highest BCUT2D eigenvalue weighted by Gasteiger charge is 2.12. The third kappa shape index (κ3) is 4.43. The Balaban J connectivity index is 1.79. The van der Waals surface area contributed by atoms with Gasteiger partial charge in [0.1, 0.15) is 0 Å². The van der Waals surface area contributed by atoms with Gasteiger partial charge >= 0.3 is 0 Å². The number of benzene rings is 1. The monoisotopic (exact) mass is 247 g/mol. The van der Waals surface area contributed by atoms with Crippen LogP contribution in [0.5, 0.6) is 0 Å². The Kier molecular flexibility index (Phi) is 5.69. The molecule has 1 unspecified atom stereocenters. The van der Waals surface area contributed by atoms with Crippen LogP contribution in [-0.2, 0) is 17.6 Å². The maximum Gasteiger partial charge on any atom is 0.0465 e. The molecule has 1 aromatic carbocycles. The molecule has 1 aromatic rings. The van der Waals surface area contributed by atoms with E-state index in [4.69, 9.17) is 4.74 Å². The molecule has 1 heterocycles. The summed E-state index contributed by atoms with van der Waals surface area (Å²) in [6.07, 6.45) is 7.46. The van der Waals surface area contributed by atoms with Gasteiger partial charge in [0.15, 0.2) is 0 Å². The lowest BCUT2D eigenvalue weighted by atomic mass is 9.97. The van der Waals surface area contributed by atoms with Crippen LogP contribution in [0.1, 0.15) is 36.8 Å². The second-order valence-electron chi connectivity index (χ2n) is 5.26. The van der Waals surface area contributed by atoms with Crippen LogP contribution < -0.4 is 5.32 Å². The van der Waals surface area contributed by atoms with Gasteiger partial charge in [-0.2, -0.15) is 0 Å². The number of aryl methyl sites for hydroxylation is 1. The first-order chi connectivity index (χ1) is 8.88. The molecule has 1 fully saturated rings. The molecule has 0 spiro atoms. The molecule has 1 saturated heterocycles. The van der Waals surface area contributed by atoms with Crippen LogP contribution in [0.3, 0.4) is 0 Å². The van der Waals surface area contributed by atoms with Crippen molar-refractivity contribution in [3.05, 3.63) is 35.4 Å². The fraction of sp³-hybridized carbons (Fsp3) is 0.625. The largest absolute Gasteiger partial charge is 0.385 e. The third-order valence-corrected chi connectivity index (χ3v) is 3.73. The van der Waals surface area contributed by atoms with Crippen molar-refractivity contribution in [3.63, 3.8) is 0 Å². The maximum atomic E-state index is 5.08. The van der Waals surface area contributed by atoms with E-state index in [1.54, 1.807) is 7.11 Å². The molecule has 0 aromatic heterocycles. The van der Waals surface area contributed by atoms with Gasteiger partial charge in [0.05, 0.1) is 0 Å². The third-order valence-electron chi connectivity index (χ3n) is 3.73. The van der Waals surface area contributed by atoms with E-state index in [1.165, 1.54) is 43.4 Å². The van der Waals surface area contributed by atoms with Gasteiger partial charge < -0.3 is 10.1 Å². The number of rotatable bonds is 6. The SMILES string of the molecule is COCCCc1ccc(CC2CCCCN2)cc1. The highest BCUT2D eigenvalue weighted by molar-refractivity contribution is 5.23. The zero-order valence-electron chi connectivity index (χ0n) is 11.5. The summed E-state index contributed by atoms with van der Waals surface area (Å²) >= 11 is 0. The molecule has 1 atom stereocenters. The molecule has 2 rings (SSSR count). The molecule has 1 aliphatic rings. The van der Waals surface area contributed by atoms with Crippen molar-refractivity contribution in [2.75, 3.05) is 20.3 Å². The van der Waals surface area contributed by atoms with Gasteiger partial charge in [0.2, 0.25) is 0 Å². The number of ether oxygens (including phenoxy) is 1. The van der Waals surface area contributed by atoms with E-state index in [0.717, 1.165) is 19.4 Å². The molecule has 0 bridgehead atoms. The van der Waals surface area contributed by atoms with Crippen molar-refractivity contribution in [1.82, 2.24) is 5.32 Å². The molecule has 0 saturated carbocycles. The highest BCUT2D eigenvalue weighted by Crippen LogP contribution is 2.14. The summed E-state index contributed by atoms with van der Waals surface area (Å²) in [4.78, 5) is 0. The minimum atomic E-state index is 0.693. The maximum absolute atomic E-state index is 5.08. The molecule has 2 heteroatoms. The predicted molar refractivity (Wildman–Crippen MR) is 76.0 cm³/mol. The summed E-state index contributed by atoms with van der Waals surface area (Å²) in [6, 6.07) is 9.82. The van der Waals surface area contributed by atoms with Gasteiger partial charge in [0, 0.05) is 19.8 Å². The fourth-order valence-corrected chi connectivity index (χ4v) is 2.65. The lowest BCUT2D eigenvalue weighted by molar-refractivity contribution is 0.195. The summed E-state index contributed by atoms with van der Waals surface area (Å²) in [5.41, 5.74) is 2.89. The van der Waals surface area contributed by atoms with E-state index in [-0.39, 0.29) is 0 Å². The normalized spacial score (nSPS) is 19.9. The van der Waals surface area contributed by atoms with E-state index < -0.39 is 0 Å². The second kappa shape index (κ2) is 7.55. The van der Waals surface area contributed by atoms with Gasteiger partial charge in [-0.15, -0.1) is 0 Å². The molecular formula is C16H25NO. The summed E-state index contributed by atoms with van der Waals surface area (Å²) in [7, 11) is 1.76. The molecule has 0 aliphatic carbocycles. The van der Waals surface area contributed by atoms with Gasteiger partial charge in [-0.3, -0.25) is 0 Å². The zero-order chi connectivity index (χ0) is 12.6. The average molecular weight is 247 g/mol. The standard InChI is InChI=1S/C16H25NO/c1-18-12-4-5-14-7-9-15(10-8-14)13-16-6-2-3-11-17-16/h7-10,16-17H,2-6,11-13H2,1H3. The summed E-state index contributed by atoms with van der Waals surface area (Å²) in [5.74, 6) is 0. The highest BCUT2D eigenvalue weighted by atomic mass is 16.5. The number of piperidine rings is 1. The minimum absolute atomic E-state index is 0.693. The van der Waals surface area contributed by atoms with Crippen molar-refractivity contribution < 1.29 is 4.74 Å². The van der Waals surface area contributed by atoms with Crippen molar-refractivity contribution >= 4 is 0 Å². The molecule has 0 amide bonds. The van der Waals surface area contributed by atoms with Crippen molar-refractivity contribution in [2.45, 2.75) is 44.6 Å². The Labute approximate surface area is 111 Å². The zero-order valence-corrected chi connectivity index (χ0v) is 11.5. The van der Waals surface area contributed by atoms with Crippen molar-refractivity contribution in [1.29, 1.82) is 0 Å². The van der Waals surface area contributed by atoms with Gasteiger partial charge in [0.25, 0.3) is 0 Å². The lowest BCUT2D eigenvalue weighted by Gasteiger charge is -2.23. The Morgan fingerprint density at radius 3 is 2.61 bits per heavy atom. The summed E-state index contributed by atoms with van der Waals surface area (Å²) in [6.45, 7) is 2.05. The Morgan fingerprint density at radius 2 is 1.94 bits per heavy atom. The molecule has 18 heavy (non-hydrogen) atoms. The average Bonchev–Trinajstić information content (AvgIpc) is 2.42. The molecular weight excluding hydrogens is 222 g/mol. The van der Waals surface area contributed by atoms with Crippen LogP contribution in [0.2, 0.25) is 0 Å². The van der Waals surface area contributed by atoms with E-state index in [9.17, 15) is 0 Å². The lowest BCUT2D eigenvalue weighted by Crippen LogP contribution is -2.35. The molecule has 2 nitrogen and oxygen atoms in total. The van der Waals surface area contributed by atoms with Crippen LogP contribution >= 0.6 is 0 Å². The quantitative estimate of drug-likeness (QED) is 0.780. The van der Waals surface area contributed by atoms with E-state index in [1.807, 2.05) is 0 Å². The van der Waals surface area contributed by atoms with Crippen LogP contribution in [-0.4, -0.2) is 26.3 Å². The molecule has 0 radical (unpaired) electrons. The fourth-order valence-electron chi connectivity index (χ4n) is 2.65. The van der Waals surface area contributed by atoms with Gasteiger partial charge in [-0.05, 0) is 49.8 Å². The van der Waals surface area contributed by atoms with E-state index in [2.05, 4.69) is 29.6 Å². The topological polar surface area (TPSA) is 21.3 Å². The van der Waals surface area contributed by atoms with Crippen molar-refractivity contribution in [2.24, 2.45) is 0 Å². The Bertz CT molecular complexity index is 327. The Hall–Kier alpha value is -0.860. The number of hydrogen-bond acceptors (Lipinski definition) is 2. The molecule has 1 aliphatic heterocycles. The van der Waals surface area contributed by atoms with E-state index in [0.29, 0.717) is 6.04 Å².